The number of benzene rings is 1. The molecule has 0 aliphatic carbocycles. The lowest BCUT2D eigenvalue weighted by Crippen LogP contribution is -2.21. The van der Waals surface area contributed by atoms with Crippen LogP contribution >= 0.6 is 0 Å². The molecule has 0 fully saturated rings. The van der Waals surface area contributed by atoms with E-state index in [-0.39, 0.29) is 11.8 Å². The summed E-state index contributed by atoms with van der Waals surface area (Å²) in [6.07, 6.45) is 2.38. The molecule has 4 nitrogen and oxygen atoms in total. The largest absolute Gasteiger partial charge is 0.494 e. The lowest BCUT2D eigenvalue weighted by molar-refractivity contribution is -0.117. The number of hydrogen-bond acceptors (Lipinski definition) is 3. The molecule has 0 heterocycles. The predicted molar refractivity (Wildman–Crippen MR) is 78.3 cm³/mol. The highest BCUT2D eigenvalue weighted by atomic mass is 16.5. The lowest BCUT2D eigenvalue weighted by Gasteiger charge is -2.12. The summed E-state index contributed by atoms with van der Waals surface area (Å²) in [5, 5.41) is 2.87. The fraction of sp³-hybridized carbons (Fsp3) is 0.533. The zero-order chi connectivity index (χ0) is 14.1. The third-order valence-electron chi connectivity index (χ3n) is 3.00. The van der Waals surface area contributed by atoms with Crippen LogP contribution in [0.4, 0.5) is 5.69 Å². The third-order valence-corrected chi connectivity index (χ3v) is 3.00. The van der Waals surface area contributed by atoms with Gasteiger partial charge in [0.05, 0.1) is 6.61 Å². The Morgan fingerprint density at radius 2 is 2.00 bits per heavy atom. The van der Waals surface area contributed by atoms with Gasteiger partial charge in [-0.25, -0.2) is 0 Å². The summed E-state index contributed by atoms with van der Waals surface area (Å²) in [5.41, 5.74) is 6.39. The molecular weight excluding hydrogens is 240 g/mol. The molecule has 1 aromatic carbocycles. The Labute approximate surface area is 115 Å². The zero-order valence-electron chi connectivity index (χ0n) is 11.8. The first-order valence-corrected chi connectivity index (χ1v) is 6.92. The topological polar surface area (TPSA) is 64.3 Å². The van der Waals surface area contributed by atoms with E-state index >= 15 is 0 Å². The molecule has 0 spiro atoms. The second-order valence-electron chi connectivity index (χ2n) is 4.64. The van der Waals surface area contributed by atoms with Crippen molar-refractivity contribution in [2.75, 3.05) is 18.5 Å². The van der Waals surface area contributed by atoms with E-state index in [0.717, 1.165) is 24.3 Å². The third kappa shape index (κ3) is 5.75. The first-order chi connectivity index (χ1) is 9.19. The molecule has 19 heavy (non-hydrogen) atoms. The highest BCUT2D eigenvalue weighted by Crippen LogP contribution is 2.17. The molecule has 0 radical (unpaired) electrons. The van der Waals surface area contributed by atoms with Crippen molar-refractivity contribution in [3.05, 3.63) is 24.3 Å². The number of carbonyl (C=O) groups is 1. The standard InChI is InChI=1S/C15H24N2O2/c1-3-9-19-14-7-5-13(6-8-14)17-15(18)10-12(4-2)11-16/h5-8,12H,3-4,9-11,16H2,1-2H3,(H,17,18). The van der Waals surface area contributed by atoms with Gasteiger partial charge in [0.15, 0.2) is 0 Å². The van der Waals surface area contributed by atoms with E-state index < -0.39 is 0 Å². The van der Waals surface area contributed by atoms with Crippen LogP contribution in [0.5, 0.6) is 5.75 Å². The molecule has 1 atom stereocenters. The van der Waals surface area contributed by atoms with Gasteiger partial charge in [0.25, 0.3) is 0 Å². The number of nitrogens with one attached hydrogen (secondary N) is 1. The van der Waals surface area contributed by atoms with Gasteiger partial charge in [0.2, 0.25) is 5.91 Å². The maximum atomic E-state index is 11.8. The molecule has 0 saturated heterocycles. The van der Waals surface area contributed by atoms with Gasteiger partial charge in [-0.1, -0.05) is 20.3 Å². The Morgan fingerprint density at radius 3 is 2.53 bits per heavy atom. The van der Waals surface area contributed by atoms with Crippen LogP contribution in [0.25, 0.3) is 0 Å². The fourth-order valence-corrected chi connectivity index (χ4v) is 1.72. The monoisotopic (exact) mass is 264 g/mol. The van der Waals surface area contributed by atoms with E-state index in [0.29, 0.717) is 19.6 Å². The van der Waals surface area contributed by atoms with E-state index in [1.54, 1.807) is 0 Å². The SMILES string of the molecule is CCCOc1ccc(NC(=O)CC(CC)CN)cc1. The van der Waals surface area contributed by atoms with Crippen LogP contribution in [0, 0.1) is 5.92 Å². The van der Waals surface area contributed by atoms with Crippen molar-refractivity contribution in [2.24, 2.45) is 11.7 Å². The van der Waals surface area contributed by atoms with Crippen LogP contribution in [0.3, 0.4) is 0 Å². The summed E-state index contributed by atoms with van der Waals surface area (Å²) < 4.78 is 5.49. The van der Waals surface area contributed by atoms with Gasteiger partial charge in [-0.2, -0.15) is 0 Å². The summed E-state index contributed by atoms with van der Waals surface area (Å²) in [6.45, 7) is 5.37. The maximum absolute atomic E-state index is 11.8. The Hall–Kier alpha value is -1.55. The van der Waals surface area contributed by atoms with Crippen LogP contribution in [0.15, 0.2) is 24.3 Å². The molecule has 1 aromatic rings. The number of anilines is 1. The van der Waals surface area contributed by atoms with Gasteiger partial charge < -0.3 is 15.8 Å². The minimum atomic E-state index is 0.0135. The van der Waals surface area contributed by atoms with Crippen LogP contribution < -0.4 is 15.8 Å². The molecule has 1 rings (SSSR count). The molecule has 3 N–H and O–H groups in total. The average Bonchev–Trinajstić information content (AvgIpc) is 2.44. The number of ether oxygens (including phenoxy) is 1. The minimum Gasteiger partial charge on any atom is -0.494 e. The van der Waals surface area contributed by atoms with Crippen LogP contribution in [-0.2, 0) is 4.79 Å². The Kier molecular flexibility index (Phi) is 6.97. The molecule has 1 amide bonds. The molecule has 4 heteroatoms. The summed E-state index contributed by atoms with van der Waals surface area (Å²) in [5.74, 6) is 1.10. The molecule has 0 aliphatic rings. The first kappa shape index (κ1) is 15.5. The normalized spacial score (nSPS) is 11.9. The van der Waals surface area contributed by atoms with Gasteiger partial charge in [0, 0.05) is 12.1 Å². The van der Waals surface area contributed by atoms with Crippen molar-refractivity contribution in [2.45, 2.75) is 33.1 Å². The van der Waals surface area contributed by atoms with Crippen molar-refractivity contribution in [3.8, 4) is 5.75 Å². The van der Waals surface area contributed by atoms with Crippen molar-refractivity contribution >= 4 is 11.6 Å². The van der Waals surface area contributed by atoms with Crippen molar-refractivity contribution in [1.82, 2.24) is 0 Å². The summed E-state index contributed by atoms with van der Waals surface area (Å²) in [4.78, 5) is 11.8. The van der Waals surface area contributed by atoms with Crippen LogP contribution in [-0.4, -0.2) is 19.1 Å². The van der Waals surface area contributed by atoms with Gasteiger partial charge in [-0.15, -0.1) is 0 Å². The summed E-state index contributed by atoms with van der Waals surface area (Å²) in [7, 11) is 0. The van der Waals surface area contributed by atoms with Crippen LogP contribution in [0.2, 0.25) is 0 Å². The number of amides is 1. The van der Waals surface area contributed by atoms with Gasteiger partial charge in [-0.05, 0) is 43.1 Å². The van der Waals surface area contributed by atoms with Crippen molar-refractivity contribution in [3.63, 3.8) is 0 Å². The van der Waals surface area contributed by atoms with Crippen LogP contribution in [0.1, 0.15) is 33.1 Å². The number of nitrogens with two attached hydrogens (primary N) is 1. The predicted octanol–water partition coefficient (Wildman–Crippen LogP) is 2.79. The average molecular weight is 264 g/mol. The Morgan fingerprint density at radius 1 is 1.32 bits per heavy atom. The van der Waals surface area contributed by atoms with E-state index in [4.69, 9.17) is 10.5 Å². The van der Waals surface area contributed by atoms with E-state index in [9.17, 15) is 4.79 Å². The summed E-state index contributed by atoms with van der Waals surface area (Å²) >= 11 is 0. The van der Waals surface area contributed by atoms with Gasteiger partial charge >= 0.3 is 0 Å². The van der Waals surface area contributed by atoms with E-state index in [1.165, 1.54) is 0 Å². The molecule has 0 saturated carbocycles. The smallest absolute Gasteiger partial charge is 0.224 e. The summed E-state index contributed by atoms with van der Waals surface area (Å²) in [6, 6.07) is 7.44. The molecular formula is C15H24N2O2. The van der Waals surface area contributed by atoms with E-state index in [1.807, 2.05) is 31.2 Å². The van der Waals surface area contributed by atoms with Gasteiger partial charge in [0.1, 0.15) is 5.75 Å². The molecule has 0 bridgehead atoms. The second-order valence-corrected chi connectivity index (χ2v) is 4.64. The molecule has 1 unspecified atom stereocenters. The van der Waals surface area contributed by atoms with Crippen molar-refractivity contribution in [1.29, 1.82) is 0 Å². The van der Waals surface area contributed by atoms with E-state index in [2.05, 4.69) is 12.2 Å². The molecule has 0 aromatic heterocycles. The minimum absolute atomic E-state index is 0.0135. The highest BCUT2D eigenvalue weighted by Gasteiger charge is 2.10. The number of carbonyl (C=O) groups excluding carboxylic acids is 1. The number of hydrogen-bond donors (Lipinski definition) is 2. The molecule has 106 valence electrons. The quantitative estimate of drug-likeness (QED) is 0.759. The van der Waals surface area contributed by atoms with Gasteiger partial charge in [-0.3, -0.25) is 4.79 Å². The Balaban J connectivity index is 2.46. The number of rotatable bonds is 8. The van der Waals surface area contributed by atoms with Crippen molar-refractivity contribution < 1.29 is 9.53 Å². The molecule has 0 aliphatic heterocycles. The maximum Gasteiger partial charge on any atom is 0.224 e. The highest BCUT2D eigenvalue weighted by molar-refractivity contribution is 5.90. The Bertz CT molecular complexity index is 372. The fourth-order valence-electron chi connectivity index (χ4n) is 1.72. The first-order valence-electron chi connectivity index (χ1n) is 6.92. The zero-order valence-corrected chi connectivity index (χ0v) is 11.8. The second kappa shape index (κ2) is 8.53. The lowest BCUT2D eigenvalue weighted by atomic mass is 10.0.